The van der Waals surface area contributed by atoms with E-state index in [4.69, 9.17) is 11.6 Å². The summed E-state index contributed by atoms with van der Waals surface area (Å²) in [6.45, 7) is 4.63. The molecular weight excluding hydrogens is 262 g/mol. The average Bonchev–Trinajstić information content (AvgIpc) is 2.96. The van der Waals surface area contributed by atoms with E-state index in [1.54, 1.807) is 6.07 Å². The third-order valence-corrected chi connectivity index (χ3v) is 3.83. The lowest BCUT2D eigenvalue weighted by atomic mass is 10.2. The summed E-state index contributed by atoms with van der Waals surface area (Å²) in [5, 5.41) is 3.80. The molecule has 1 unspecified atom stereocenters. The molecule has 1 aromatic heterocycles. The Morgan fingerprint density at radius 1 is 1.58 bits per heavy atom. The number of carbonyl (C=O) groups excluding carboxylic acids is 1. The monoisotopic (exact) mass is 283 g/mol. The van der Waals surface area contributed by atoms with Crippen LogP contribution in [0.3, 0.4) is 0 Å². The molecule has 5 heteroatoms. The van der Waals surface area contributed by atoms with Gasteiger partial charge in [-0.2, -0.15) is 0 Å². The van der Waals surface area contributed by atoms with Gasteiger partial charge in [-0.3, -0.25) is 4.79 Å². The second kappa shape index (κ2) is 6.44. The number of aromatic nitrogens is 1. The van der Waals surface area contributed by atoms with E-state index in [0.717, 1.165) is 44.6 Å². The first-order valence-corrected chi connectivity index (χ1v) is 7.36. The summed E-state index contributed by atoms with van der Waals surface area (Å²) in [5.41, 5.74) is 0.717. The van der Waals surface area contributed by atoms with Gasteiger partial charge in [0.05, 0.1) is 5.02 Å². The first-order valence-electron chi connectivity index (χ1n) is 6.98. The summed E-state index contributed by atoms with van der Waals surface area (Å²) in [6, 6.07) is 2.09. The largest absolute Gasteiger partial charge is 0.342 e. The van der Waals surface area contributed by atoms with E-state index >= 15 is 0 Å². The van der Waals surface area contributed by atoms with Crippen molar-refractivity contribution in [1.29, 1.82) is 0 Å². The van der Waals surface area contributed by atoms with Crippen molar-refractivity contribution in [2.24, 2.45) is 0 Å². The van der Waals surface area contributed by atoms with Crippen LogP contribution in [0.15, 0.2) is 12.3 Å². The quantitative estimate of drug-likeness (QED) is 0.901. The van der Waals surface area contributed by atoms with E-state index in [0.29, 0.717) is 11.1 Å². The summed E-state index contributed by atoms with van der Waals surface area (Å²) in [7, 11) is 1.93. The smallest absolute Gasteiger partial charge is 0.270 e. The third-order valence-electron chi connectivity index (χ3n) is 3.62. The van der Waals surface area contributed by atoms with Crippen LogP contribution in [0.25, 0.3) is 0 Å². The zero-order chi connectivity index (χ0) is 13.8. The van der Waals surface area contributed by atoms with Crippen molar-refractivity contribution in [3.8, 4) is 0 Å². The number of hydrogen-bond donors (Lipinski definition) is 1. The lowest BCUT2D eigenvalue weighted by molar-refractivity contribution is 0.0726. The van der Waals surface area contributed by atoms with Crippen molar-refractivity contribution in [3.63, 3.8) is 0 Å². The van der Waals surface area contributed by atoms with Crippen molar-refractivity contribution < 1.29 is 4.79 Å². The van der Waals surface area contributed by atoms with Gasteiger partial charge in [0.25, 0.3) is 5.91 Å². The second-order valence-electron chi connectivity index (χ2n) is 5.09. The Balaban J connectivity index is 2.18. The Morgan fingerprint density at radius 3 is 3.05 bits per heavy atom. The number of hydrogen-bond acceptors (Lipinski definition) is 2. The highest BCUT2D eigenvalue weighted by molar-refractivity contribution is 6.31. The van der Waals surface area contributed by atoms with Crippen molar-refractivity contribution in [2.75, 3.05) is 20.1 Å². The summed E-state index contributed by atoms with van der Waals surface area (Å²) in [6.07, 6.45) is 5.00. The normalized spacial score (nSPS) is 19.1. The topological polar surface area (TPSA) is 37.3 Å². The van der Waals surface area contributed by atoms with Gasteiger partial charge >= 0.3 is 0 Å². The van der Waals surface area contributed by atoms with Crippen LogP contribution >= 0.6 is 11.6 Å². The summed E-state index contributed by atoms with van der Waals surface area (Å²) in [4.78, 5) is 14.6. The minimum Gasteiger partial charge on any atom is -0.342 e. The number of nitrogens with one attached hydrogen (secondary N) is 1. The maximum Gasteiger partial charge on any atom is 0.270 e. The molecule has 1 aliphatic rings. The van der Waals surface area contributed by atoms with Crippen LogP contribution in [0.2, 0.25) is 5.02 Å². The highest BCUT2D eigenvalue weighted by atomic mass is 35.5. The van der Waals surface area contributed by atoms with Crippen LogP contribution in [0.4, 0.5) is 0 Å². The minimum absolute atomic E-state index is 0.109. The van der Waals surface area contributed by atoms with Crippen LogP contribution < -0.4 is 5.32 Å². The van der Waals surface area contributed by atoms with Gasteiger partial charge in [0.2, 0.25) is 0 Å². The van der Waals surface area contributed by atoms with Gasteiger partial charge in [-0.1, -0.05) is 18.5 Å². The van der Waals surface area contributed by atoms with E-state index in [1.807, 2.05) is 22.7 Å². The van der Waals surface area contributed by atoms with E-state index in [-0.39, 0.29) is 5.91 Å². The maximum atomic E-state index is 12.7. The molecule has 0 saturated carbocycles. The molecule has 0 radical (unpaired) electrons. The van der Waals surface area contributed by atoms with Crippen LogP contribution in [-0.2, 0) is 6.54 Å². The molecule has 1 fully saturated rings. The first-order chi connectivity index (χ1) is 9.17. The average molecular weight is 284 g/mol. The third kappa shape index (κ3) is 3.12. The van der Waals surface area contributed by atoms with Gasteiger partial charge in [-0.05, 0) is 32.4 Å². The minimum atomic E-state index is 0.109. The lowest BCUT2D eigenvalue weighted by Gasteiger charge is -2.25. The number of likely N-dealkylation sites (tertiary alicyclic amines) is 1. The van der Waals surface area contributed by atoms with Crippen LogP contribution in [0, 0.1) is 0 Å². The lowest BCUT2D eigenvalue weighted by Crippen LogP contribution is -2.41. The fourth-order valence-electron chi connectivity index (χ4n) is 2.78. The molecule has 0 bridgehead atoms. The number of aryl methyl sites for hydroxylation is 1. The molecule has 0 aliphatic carbocycles. The molecule has 1 saturated heterocycles. The van der Waals surface area contributed by atoms with E-state index in [1.165, 1.54) is 0 Å². The second-order valence-corrected chi connectivity index (χ2v) is 5.53. The van der Waals surface area contributed by atoms with Gasteiger partial charge in [-0.15, -0.1) is 0 Å². The molecule has 4 nitrogen and oxygen atoms in total. The predicted molar refractivity (Wildman–Crippen MR) is 77.7 cm³/mol. The van der Waals surface area contributed by atoms with Crippen molar-refractivity contribution >= 4 is 17.5 Å². The Bertz CT molecular complexity index is 444. The Labute approximate surface area is 119 Å². The zero-order valence-corrected chi connectivity index (χ0v) is 12.4. The molecule has 1 amide bonds. The summed E-state index contributed by atoms with van der Waals surface area (Å²) in [5.74, 6) is 0.109. The van der Waals surface area contributed by atoms with Crippen LogP contribution in [-0.4, -0.2) is 41.6 Å². The Kier molecular flexibility index (Phi) is 4.88. The molecule has 1 aliphatic heterocycles. The van der Waals surface area contributed by atoms with E-state index in [9.17, 15) is 4.79 Å². The standard InChI is InChI=1S/C14H22ClN3O/c1-3-6-17-10-11(15)8-13(17)14(19)18-7-4-5-12(18)9-16-2/h8,10,12,16H,3-7,9H2,1-2H3. The van der Waals surface area contributed by atoms with E-state index < -0.39 is 0 Å². The van der Waals surface area contributed by atoms with Crippen LogP contribution in [0.1, 0.15) is 36.7 Å². The maximum absolute atomic E-state index is 12.7. The molecule has 1 atom stereocenters. The predicted octanol–water partition coefficient (Wildman–Crippen LogP) is 2.38. The molecule has 1 aromatic rings. The number of rotatable bonds is 5. The van der Waals surface area contributed by atoms with Crippen molar-refractivity contribution in [1.82, 2.24) is 14.8 Å². The Morgan fingerprint density at radius 2 is 2.37 bits per heavy atom. The number of amides is 1. The number of carbonyl (C=O) groups is 1. The zero-order valence-electron chi connectivity index (χ0n) is 11.7. The molecule has 19 heavy (non-hydrogen) atoms. The molecule has 0 spiro atoms. The molecular formula is C14H22ClN3O. The number of nitrogens with zero attached hydrogens (tertiary/aromatic N) is 2. The molecule has 2 heterocycles. The van der Waals surface area contributed by atoms with Gasteiger partial charge in [0.15, 0.2) is 0 Å². The number of halogens is 1. The molecule has 1 N–H and O–H groups in total. The van der Waals surface area contributed by atoms with Gasteiger partial charge in [0, 0.05) is 31.9 Å². The van der Waals surface area contributed by atoms with E-state index in [2.05, 4.69) is 12.2 Å². The highest BCUT2D eigenvalue weighted by Crippen LogP contribution is 2.22. The fraction of sp³-hybridized carbons (Fsp3) is 0.643. The van der Waals surface area contributed by atoms with Gasteiger partial charge in [0.1, 0.15) is 5.69 Å². The summed E-state index contributed by atoms with van der Waals surface area (Å²) < 4.78 is 1.97. The Hall–Kier alpha value is -1.00. The molecule has 2 rings (SSSR count). The fourth-order valence-corrected chi connectivity index (χ4v) is 3.00. The van der Waals surface area contributed by atoms with Gasteiger partial charge in [-0.25, -0.2) is 0 Å². The molecule has 106 valence electrons. The van der Waals surface area contributed by atoms with Crippen LogP contribution in [0.5, 0.6) is 0 Å². The molecule has 0 aromatic carbocycles. The van der Waals surface area contributed by atoms with Crippen molar-refractivity contribution in [3.05, 3.63) is 23.0 Å². The first kappa shape index (κ1) is 14.4. The number of likely N-dealkylation sites (N-methyl/N-ethyl adjacent to an activating group) is 1. The summed E-state index contributed by atoms with van der Waals surface area (Å²) >= 11 is 6.05. The highest BCUT2D eigenvalue weighted by Gasteiger charge is 2.30. The van der Waals surface area contributed by atoms with Gasteiger partial charge < -0.3 is 14.8 Å². The SMILES string of the molecule is CCCn1cc(Cl)cc1C(=O)N1CCCC1CNC. The van der Waals surface area contributed by atoms with Crippen molar-refractivity contribution in [2.45, 2.75) is 38.8 Å².